The number of thiazole rings is 1. The Hall–Kier alpha value is -2.08. The van der Waals surface area contributed by atoms with E-state index >= 15 is 0 Å². The summed E-state index contributed by atoms with van der Waals surface area (Å²) in [6.45, 7) is 0.171. The Morgan fingerprint density at radius 2 is 1.96 bits per heavy atom. The van der Waals surface area contributed by atoms with Crippen LogP contribution in [0.5, 0.6) is 0 Å². The second kappa shape index (κ2) is 5.77. The van der Waals surface area contributed by atoms with Crippen molar-refractivity contribution >= 4 is 61.9 Å². The molecule has 2 heterocycles. The lowest BCUT2D eigenvalue weighted by Gasteiger charge is -2.20. The van der Waals surface area contributed by atoms with Crippen molar-refractivity contribution in [2.45, 2.75) is 0 Å². The van der Waals surface area contributed by atoms with E-state index in [1.54, 1.807) is 23.1 Å². The van der Waals surface area contributed by atoms with Gasteiger partial charge in [0.05, 0.1) is 33.0 Å². The predicted molar refractivity (Wildman–Crippen MR) is 101 cm³/mol. The number of amidine groups is 1. The summed E-state index contributed by atoms with van der Waals surface area (Å²) in [4.78, 5) is 6.17. The quantitative estimate of drug-likeness (QED) is 0.632. The average molecular weight is 376 g/mol. The van der Waals surface area contributed by atoms with Gasteiger partial charge < -0.3 is 10.0 Å². The first kappa shape index (κ1) is 15.4. The minimum Gasteiger partial charge on any atom is -0.510 e. The van der Waals surface area contributed by atoms with Crippen molar-refractivity contribution in [1.82, 2.24) is 4.98 Å². The van der Waals surface area contributed by atoms with Crippen LogP contribution in [0.4, 0.5) is 5.69 Å². The van der Waals surface area contributed by atoms with E-state index in [4.69, 9.17) is 28.6 Å². The highest BCUT2D eigenvalue weighted by molar-refractivity contribution is 7.19. The van der Waals surface area contributed by atoms with E-state index in [0.29, 0.717) is 26.3 Å². The number of nitrogens with zero attached hydrogens (tertiary/aromatic N) is 2. The molecule has 1 aromatic heterocycles. The molecule has 0 radical (unpaired) electrons. The maximum Gasteiger partial charge on any atom is 0.139 e. The Balaban J connectivity index is 1.76. The van der Waals surface area contributed by atoms with Crippen LogP contribution in [-0.2, 0) is 0 Å². The normalized spacial score (nSPS) is 14.9. The van der Waals surface area contributed by atoms with E-state index in [2.05, 4.69) is 4.98 Å². The number of aliphatic hydroxyl groups excluding tert-OH is 1. The fourth-order valence-corrected chi connectivity index (χ4v) is 4.10. The predicted octanol–water partition coefficient (Wildman–Crippen LogP) is 5.37. The van der Waals surface area contributed by atoms with Crippen molar-refractivity contribution in [3.8, 4) is 0 Å². The number of halogens is 2. The molecule has 0 fully saturated rings. The molecule has 0 aliphatic carbocycles. The third-order valence-corrected chi connectivity index (χ3v) is 5.42. The molecule has 24 heavy (non-hydrogen) atoms. The first-order valence-electron chi connectivity index (χ1n) is 7.14. The van der Waals surface area contributed by atoms with Gasteiger partial charge in [0.1, 0.15) is 16.6 Å². The van der Waals surface area contributed by atoms with E-state index in [9.17, 15) is 5.11 Å². The molecule has 120 valence electrons. The van der Waals surface area contributed by atoms with E-state index < -0.39 is 0 Å². The number of rotatable bonds is 2. The summed E-state index contributed by atoms with van der Waals surface area (Å²) in [5.41, 5.74) is 1.88. The van der Waals surface area contributed by atoms with Crippen molar-refractivity contribution in [3.63, 3.8) is 0 Å². The summed E-state index contributed by atoms with van der Waals surface area (Å²) in [5.74, 6) is 0.269. The third kappa shape index (κ3) is 2.45. The lowest BCUT2D eigenvalue weighted by molar-refractivity contribution is 0.411. The summed E-state index contributed by atoms with van der Waals surface area (Å²) in [7, 11) is 0. The lowest BCUT2D eigenvalue weighted by atomic mass is 10.2. The van der Waals surface area contributed by atoms with Crippen molar-refractivity contribution in [2.75, 3.05) is 11.4 Å². The Labute approximate surface area is 152 Å². The van der Waals surface area contributed by atoms with Crippen molar-refractivity contribution in [3.05, 3.63) is 63.3 Å². The van der Waals surface area contributed by atoms with E-state index in [0.717, 1.165) is 10.2 Å². The van der Waals surface area contributed by atoms with E-state index in [1.165, 1.54) is 11.3 Å². The van der Waals surface area contributed by atoms with Crippen molar-refractivity contribution in [1.29, 1.82) is 5.41 Å². The maximum atomic E-state index is 10.4. The van der Waals surface area contributed by atoms with Gasteiger partial charge in [-0.15, -0.1) is 11.3 Å². The number of aromatic nitrogens is 1. The summed E-state index contributed by atoms with van der Waals surface area (Å²) < 4.78 is 1.01. The number of anilines is 1. The molecule has 7 heteroatoms. The van der Waals surface area contributed by atoms with Crippen LogP contribution in [0.15, 0.2) is 48.2 Å². The zero-order valence-corrected chi connectivity index (χ0v) is 14.6. The molecule has 1 aliphatic rings. The molecule has 0 saturated carbocycles. The van der Waals surface area contributed by atoms with Crippen molar-refractivity contribution in [2.24, 2.45) is 0 Å². The fraction of sp³-hybridized carbons (Fsp3) is 0.0588. The van der Waals surface area contributed by atoms with Gasteiger partial charge in [-0.1, -0.05) is 35.3 Å². The van der Waals surface area contributed by atoms with Gasteiger partial charge in [0, 0.05) is 5.02 Å². The summed E-state index contributed by atoms with van der Waals surface area (Å²) in [6.07, 6.45) is 0. The average Bonchev–Trinajstić information content (AvgIpc) is 3.10. The SMILES string of the molecule is N=C1C(c2nc3ccccc3s2)=C(O)CN1c1cc(Cl)ccc1Cl. The number of benzene rings is 2. The molecular formula is C17H11Cl2N3OS. The Morgan fingerprint density at radius 1 is 1.17 bits per heavy atom. The molecule has 0 bridgehead atoms. The Kier molecular flexibility index (Phi) is 3.72. The van der Waals surface area contributed by atoms with Crippen LogP contribution in [-0.4, -0.2) is 22.5 Å². The number of hydrogen-bond acceptors (Lipinski definition) is 4. The van der Waals surface area contributed by atoms with Gasteiger partial charge in [-0.3, -0.25) is 5.41 Å². The number of para-hydroxylation sites is 1. The molecule has 1 aliphatic heterocycles. The molecule has 0 amide bonds. The van der Waals surface area contributed by atoms with Crippen LogP contribution >= 0.6 is 34.5 Å². The highest BCUT2D eigenvalue weighted by Gasteiger charge is 2.32. The maximum absolute atomic E-state index is 10.4. The third-order valence-electron chi connectivity index (χ3n) is 3.81. The van der Waals surface area contributed by atoms with Gasteiger partial charge in [-0.25, -0.2) is 4.98 Å². The standard InChI is InChI=1S/C17H11Cl2N3OS/c18-9-5-6-10(19)12(7-9)22-8-13(23)15(16(22)20)17-21-11-3-1-2-4-14(11)24-17/h1-7,20,23H,8H2. The molecule has 3 aromatic rings. The van der Waals surface area contributed by atoms with Crippen molar-refractivity contribution < 1.29 is 5.11 Å². The van der Waals surface area contributed by atoms with Gasteiger partial charge in [0.25, 0.3) is 0 Å². The topological polar surface area (TPSA) is 60.2 Å². The van der Waals surface area contributed by atoms with Crippen LogP contribution < -0.4 is 4.90 Å². The number of nitrogens with one attached hydrogen (secondary N) is 1. The first-order valence-corrected chi connectivity index (χ1v) is 8.71. The first-order chi connectivity index (χ1) is 11.5. The molecule has 0 unspecified atom stereocenters. The second-order valence-corrected chi connectivity index (χ2v) is 7.21. The highest BCUT2D eigenvalue weighted by Crippen LogP contribution is 2.38. The largest absolute Gasteiger partial charge is 0.510 e. The number of hydrogen-bond donors (Lipinski definition) is 2. The summed E-state index contributed by atoms with van der Waals surface area (Å²) >= 11 is 13.7. The number of fused-ring (bicyclic) bond motifs is 1. The zero-order chi connectivity index (χ0) is 16.8. The zero-order valence-electron chi connectivity index (χ0n) is 12.3. The Bertz CT molecular complexity index is 979. The van der Waals surface area contributed by atoms with Gasteiger partial charge in [0.15, 0.2) is 0 Å². The number of aliphatic hydroxyl groups is 1. The molecule has 2 N–H and O–H groups in total. The molecule has 4 rings (SSSR count). The molecular weight excluding hydrogens is 365 g/mol. The lowest BCUT2D eigenvalue weighted by Crippen LogP contribution is -2.26. The Morgan fingerprint density at radius 3 is 2.75 bits per heavy atom. The van der Waals surface area contributed by atoms with Gasteiger partial charge in [-0.05, 0) is 30.3 Å². The summed E-state index contributed by atoms with van der Waals surface area (Å²) in [5, 5.41) is 20.5. The van der Waals surface area contributed by atoms with E-state index in [-0.39, 0.29) is 18.1 Å². The van der Waals surface area contributed by atoms with E-state index in [1.807, 2.05) is 24.3 Å². The highest BCUT2D eigenvalue weighted by atomic mass is 35.5. The fourth-order valence-electron chi connectivity index (χ4n) is 2.68. The minimum atomic E-state index is 0.107. The molecule has 2 aromatic carbocycles. The molecule has 4 nitrogen and oxygen atoms in total. The van der Waals surface area contributed by atoms with Gasteiger partial charge in [-0.2, -0.15) is 0 Å². The van der Waals surface area contributed by atoms with Gasteiger partial charge in [0.2, 0.25) is 0 Å². The minimum absolute atomic E-state index is 0.107. The van der Waals surface area contributed by atoms with Crippen LogP contribution in [0, 0.1) is 5.41 Å². The molecule has 0 saturated heterocycles. The monoisotopic (exact) mass is 375 g/mol. The molecule has 0 atom stereocenters. The van der Waals surface area contributed by atoms with Crippen LogP contribution in [0.3, 0.4) is 0 Å². The van der Waals surface area contributed by atoms with Crippen LogP contribution in [0.1, 0.15) is 5.01 Å². The van der Waals surface area contributed by atoms with Gasteiger partial charge >= 0.3 is 0 Å². The van der Waals surface area contributed by atoms with Crippen LogP contribution in [0.25, 0.3) is 15.8 Å². The molecule has 0 spiro atoms. The van der Waals surface area contributed by atoms with Crippen LogP contribution in [0.2, 0.25) is 10.0 Å². The smallest absolute Gasteiger partial charge is 0.139 e. The summed E-state index contributed by atoms with van der Waals surface area (Å²) in [6, 6.07) is 12.8. The second-order valence-electron chi connectivity index (χ2n) is 5.34.